The molecule has 0 spiro atoms. The minimum absolute atomic E-state index is 0.155. The molecule has 0 heterocycles. The average Bonchev–Trinajstić information content (AvgIpc) is 2.28. The lowest BCUT2D eigenvalue weighted by Gasteiger charge is -2.26. The first-order valence-corrected chi connectivity index (χ1v) is 6.08. The first-order valence-electron chi connectivity index (χ1n) is 5.09. The van der Waals surface area contributed by atoms with Gasteiger partial charge in [-0.3, -0.25) is 0 Å². The van der Waals surface area contributed by atoms with Crippen LogP contribution in [-0.2, 0) is 0 Å². The van der Waals surface area contributed by atoms with Crippen molar-refractivity contribution in [3.05, 3.63) is 29.8 Å². The summed E-state index contributed by atoms with van der Waals surface area (Å²) in [5.74, 6) is 0.866. The quantitative estimate of drug-likeness (QED) is 0.752. The summed E-state index contributed by atoms with van der Waals surface area (Å²) in [5.41, 5.74) is 1.09. The van der Waals surface area contributed by atoms with E-state index in [0.29, 0.717) is 0 Å². The van der Waals surface area contributed by atoms with E-state index in [4.69, 9.17) is 0 Å². The predicted octanol–water partition coefficient (Wildman–Crippen LogP) is 2.06. The summed E-state index contributed by atoms with van der Waals surface area (Å²) >= 11 is 1.78. The number of likely N-dealkylation sites (N-methyl/N-ethyl adjacent to an activating group) is 1. The molecule has 0 radical (unpaired) electrons. The number of hydrogen-bond donors (Lipinski definition) is 2. The van der Waals surface area contributed by atoms with Crippen LogP contribution >= 0.6 is 11.8 Å². The van der Waals surface area contributed by atoms with E-state index in [9.17, 15) is 5.11 Å². The topological polar surface area (TPSA) is 32.3 Å². The zero-order valence-corrected chi connectivity index (χ0v) is 10.4. The van der Waals surface area contributed by atoms with Crippen molar-refractivity contribution < 1.29 is 5.11 Å². The van der Waals surface area contributed by atoms with Crippen LogP contribution in [0, 0.1) is 6.92 Å². The second kappa shape index (κ2) is 5.54. The first-order chi connectivity index (χ1) is 7.11. The molecule has 15 heavy (non-hydrogen) atoms. The van der Waals surface area contributed by atoms with Crippen molar-refractivity contribution >= 4 is 11.8 Å². The summed E-state index contributed by atoms with van der Waals surface area (Å²) < 4.78 is 0. The Morgan fingerprint density at radius 2 is 2.07 bits per heavy atom. The van der Waals surface area contributed by atoms with Gasteiger partial charge in [-0.25, -0.2) is 0 Å². The Morgan fingerprint density at radius 1 is 1.40 bits per heavy atom. The van der Waals surface area contributed by atoms with Crippen molar-refractivity contribution in [2.24, 2.45) is 0 Å². The predicted molar refractivity (Wildman–Crippen MR) is 66.5 cm³/mol. The zero-order valence-electron chi connectivity index (χ0n) is 9.58. The normalized spacial score (nSPS) is 14.9. The average molecular weight is 225 g/mol. The van der Waals surface area contributed by atoms with Gasteiger partial charge in [-0.15, -0.1) is 11.8 Å². The lowest BCUT2D eigenvalue weighted by atomic mass is 10.1. The lowest BCUT2D eigenvalue weighted by Crippen LogP contribution is -2.45. The molecule has 84 valence electrons. The molecular weight excluding hydrogens is 206 g/mol. The second-order valence-electron chi connectivity index (χ2n) is 4.02. The minimum atomic E-state index is -0.201. The maximum Gasteiger partial charge on any atom is 0.0618 e. The van der Waals surface area contributed by atoms with Crippen LogP contribution in [0.3, 0.4) is 0 Å². The highest BCUT2D eigenvalue weighted by atomic mass is 32.2. The molecule has 0 fully saturated rings. The number of benzene rings is 1. The third-order valence-corrected chi connectivity index (χ3v) is 4.14. The summed E-state index contributed by atoms with van der Waals surface area (Å²) in [7, 11) is 1.88. The van der Waals surface area contributed by atoms with Crippen LogP contribution in [-0.4, -0.2) is 30.1 Å². The highest BCUT2D eigenvalue weighted by Gasteiger charge is 2.20. The lowest BCUT2D eigenvalue weighted by molar-refractivity contribution is 0.200. The van der Waals surface area contributed by atoms with Gasteiger partial charge >= 0.3 is 0 Å². The Balaban J connectivity index is 2.61. The van der Waals surface area contributed by atoms with Gasteiger partial charge in [-0.05, 0) is 32.5 Å². The highest BCUT2D eigenvalue weighted by Crippen LogP contribution is 2.25. The Kier molecular flexibility index (Phi) is 4.64. The van der Waals surface area contributed by atoms with Crippen LogP contribution in [0.25, 0.3) is 0 Å². The van der Waals surface area contributed by atoms with Crippen molar-refractivity contribution in [2.45, 2.75) is 24.3 Å². The Morgan fingerprint density at radius 3 is 2.60 bits per heavy atom. The molecule has 1 atom stereocenters. The van der Waals surface area contributed by atoms with Gasteiger partial charge in [0, 0.05) is 16.2 Å². The summed E-state index contributed by atoms with van der Waals surface area (Å²) in [4.78, 5) is 1.28. The summed E-state index contributed by atoms with van der Waals surface area (Å²) in [6, 6.07) is 8.32. The fourth-order valence-corrected chi connectivity index (χ4v) is 2.33. The molecule has 0 aliphatic carbocycles. The first kappa shape index (κ1) is 12.6. The Hall–Kier alpha value is -0.510. The van der Waals surface area contributed by atoms with Gasteiger partial charge in [-0.1, -0.05) is 18.2 Å². The van der Waals surface area contributed by atoms with Gasteiger partial charge in [0.1, 0.15) is 0 Å². The number of hydrogen-bond acceptors (Lipinski definition) is 3. The SMILES string of the molecule is CNC(C)(CO)CSc1ccccc1C. The van der Waals surface area contributed by atoms with Crippen LogP contribution < -0.4 is 5.32 Å². The van der Waals surface area contributed by atoms with Crippen LogP contribution in [0.2, 0.25) is 0 Å². The number of aryl methyl sites for hydroxylation is 1. The molecule has 0 aromatic heterocycles. The molecule has 2 N–H and O–H groups in total. The molecule has 1 aromatic rings. The molecule has 2 nitrogen and oxygen atoms in total. The summed E-state index contributed by atoms with van der Waals surface area (Å²) in [5, 5.41) is 12.4. The van der Waals surface area contributed by atoms with E-state index in [0.717, 1.165) is 5.75 Å². The van der Waals surface area contributed by atoms with Crippen LogP contribution in [0.4, 0.5) is 0 Å². The molecular formula is C12H19NOS. The van der Waals surface area contributed by atoms with Gasteiger partial charge in [0.25, 0.3) is 0 Å². The summed E-state index contributed by atoms with van der Waals surface area (Å²) in [6.45, 7) is 4.29. The zero-order chi connectivity index (χ0) is 11.3. The van der Waals surface area contributed by atoms with E-state index in [-0.39, 0.29) is 12.1 Å². The van der Waals surface area contributed by atoms with E-state index in [1.54, 1.807) is 11.8 Å². The largest absolute Gasteiger partial charge is 0.394 e. The van der Waals surface area contributed by atoms with Crippen molar-refractivity contribution in [1.82, 2.24) is 5.32 Å². The van der Waals surface area contributed by atoms with Gasteiger partial charge in [0.05, 0.1) is 6.61 Å². The molecule has 1 aromatic carbocycles. The number of aliphatic hydroxyl groups excluding tert-OH is 1. The molecule has 1 rings (SSSR count). The van der Waals surface area contributed by atoms with Gasteiger partial charge in [0.15, 0.2) is 0 Å². The van der Waals surface area contributed by atoms with E-state index in [2.05, 4.69) is 24.4 Å². The van der Waals surface area contributed by atoms with Crippen molar-refractivity contribution in [2.75, 3.05) is 19.4 Å². The van der Waals surface area contributed by atoms with E-state index in [1.807, 2.05) is 26.1 Å². The smallest absolute Gasteiger partial charge is 0.0618 e. The highest BCUT2D eigenvalue weighted by molar-refractivity contribution is 7.99. The van der Waals surface area contributed by atoms with Crippen molar-refractivity contribution in [3.63, 3.8) is 0 Å². The van der Waals surface area contributed by atoms with Crippen LogP contribution in [0.15, 0.2) is 29.2 Å². The van der Waals surface area contributed by atoms with Gasteiger partial charge < -0.3 is 10.4 Å². The molecule has 0 aliphatic rings. The standard InChI is InChI=1S/C12H19NOS/c1-10-6-4-5-7-11(10)15-9-12(2,8-14)13-3/h4-7,13-14H,8-9H2,1-3H3. The van der Waals surface area contributed by atoms with Gasteiger partial charge in [0.2, 0.25) is 0 Å². The Labute approximate surface area is 96.1 Å². The van der Waals surface area contributed by atoms with E-state index in [1.165, 1.54) is 10.5 Å². The fourth-order valence-electron chi connectivity index (χ4n) is 1.15. The number of nitrogens with one attached hydrogen (secondary N) is 1. The molecule has 1 unspecified atom stereocenters. The number of thioether (sulfide) groups is 1. The third-order valence-electron chi connectivity index (χ3n) is 2.59. The second-order valence-corrected chi connectivity index (χ2v) is 5.04. The number of aliphatic hydroxyl groups is 1. The van der Waals surface area contributed by atoms with Crippen LogP contribution in [0.5, 0.6) is 0 Å². The Bertz CT molecular complexity index is 310. The van der Waals surface area contributed by atoms with Crippen molar-refractivity contribution in [1.29, 1.82) is 0 Å². The molecule has 0 saturated carbocycles. The molecule has 3 heteroatoms. The molecule has 0 saturated heterocycles. The molecule has 0 amide bonds. The van der Waals surface area contributed by atoms with E-state index >= 15 is 0 Å². The molecule has 0 aliphatic heterocycles. The van der Waals surface area contributed by atoms with E-state index < -0.39 is 0 Å². The van der Waals surface area contributed by atoms with Gasteiger partial charge in [-0.2, -0.15) is 0 Å². The minimum Gasteiger partial charge on any atom is -0.394 e. The van der Waals surface area contributed by atoms with Crippen LogP contribution in [0.1, 0.15) is 12.5 Å². The fraction of sp³-hybridized carbons (Fsp3) is 0.500. The monoisotopic (exact) mass is 225 g/mol. The summed E-state index contributed by atoms with van der Waals surface area (Å²) in [6.07, 6.45) is 0. The maximum atomic E-state index is 9.26. The third kappa shape index (κ3) is 3.52. The van der Waals surface area contributed by atoms with Crippen molar-refractivity contribution in [3.8, 4) is 0 Å². The number of rotatable bonds is 5. The molecule has 0 bridgehead atoms. The maximum absolute atomic E-state index is 9.26.